The molecule has 19 heavy (non-hydrogen) atoms. The Hall–Kier alpha value is -1.13. The van der Waals surface area contributed by atoms with E-state index in [-0.39, 0.29) is 19.0 Å². The lowest BCUT2D eigenvalue weighted by Gasteiger charge is -2.36. The van der Waals surface area contributed by atoms with E-state index in [0.29, 0.717) is 18.2 Å². The summed E-state index contributed by atoms with van der Waals surface area (Å²) in [5, 5.41) is 18.4. The first kappa shape index (κ1) is 14.3. The summed E-state index contributed by atoms with van der Waals surface area (Å²) in [6.07, 6.45) is 5.81. The number of nitrogens with zero attached hydrogens (tertiary/aromatic N) is 1. The van der Waals surface area contributed by atoms with Crippen LogP contribution in [0.25, 0.3) is 0 Å². The van der Waals surface area contributed by atoms with E-state index < -0.39 is 0 Å². The van der Waals surface area contributed by atoms with Crippen molar-refractivity contribution in [2.75, 3.05) is 18.1 Å². The summed E-state index contributed by atoms with van der Waals surface area (Å²) < 4.78 is 13.6. The smallest absolute Gasteiger partial charge is 0.125 e. The Morgan fingerprint density at radius 3 is 2.47 bits per heavy atom. The monoisotopic (exact) mass is 267 g/mol. The van der Waals surface area contributed by atoms with Gasteiger partial charge < -0.3 is 15.1 Å². The highest BCUT2D eigenvalue weighted by Crippen LogP contribution is 2.28. The molecule has 1 aromatic rings. The molecule has 0 bridgehead atoms. The van der Waals surface area contributed by atoms with E-state index in [1.54, 1.807) is 0 Å². The summed E-state index contributed by atoms with van der Waals surface area (Å²) in [5.74, 6) is -0.333. The molecule has 0 radical (unpaired) electrons. The van der Waals surface area contributed by atoms with E-state index >= 15 is 0 Å². The Bertz CT molecular complexity index is 405. The standard InChI is InChI=1S/C15H22FNO2/c16-13-8-12(11-19)9-15(10-13)17(6-7-18)14-4-2-1-3-5-14/h8-10,14,18-19H,1-7,11H2. The lowest BCUT2D eigenvalue weighted by Crippen LogP contribution is -2.39. The van der Waals surface area contributed by atoms with Crippen molar-refractivity contribution in [3.63, 3.8) is 0 Å². The number of aliphatic hydroxyl groups is 2. The third-order valence-corrected chi connectivity index (χ3v) is 3.81. The number of anilines is 1. The number of rotatable bonds is 5. The highest BCUT2D eigenvalue weighted by atomic mass is 19.1. The van der Waals surface area contributed by atoms with Gasteiger partial charge in [-0.1, -0.05) is 19.3 Å². The van der Waals surface area contributed by atoms with Gasteiger partial charge in [0.05, 0.1) is 13.2 Å². The molecule has 1 aliphatic rings. The van der Waals surface area contributed by atoms with E-state index in [4.69, 9.17) is 0 Å². The molecule has 4 heteroatoms. The predicted octanol–water partition coefficient (Wildman–Crippen LogP) is 2.45. The van der Waals surface area contributed by atoms with Crippen molar-refractivity contribution in [1.29, 1.82) is 0 Å². The molecule has 0 spiro atoms. The summed E-state index contributed by atoms with van der Waals surface area (Å²) in [4.78, 5) is 2.08. The molecule has 0 aliphatic heterocycles. The highest BCUT2D eigenvalue weighted by Gasteiger charge is 2.21. The Kier molecular flexibility index (Phi) is 5.16. The number of benzene rings is 1. The van der Waals surface area contributed by atoms with Gasteiger partial charge in [0.1, 0.15) is 5.82 Å². The zero-order valence-electron chi connectivity index (χ0n) is 11.2. The maximum atomic E-state index is 13.6. The minimum absolute atomic E-state index is 0.0570. The van der Waals surface area contributed by atoms with Crippen LogP contribution in [0.4, 0.5) is 10.1 Å². The average molecular weight is 267 g/mol. The van der Waals surface area contributed by atoms with Gasteiger partial charge in [-0.15, -0.1) is 0 Å². The molecule has 1 saturated carbocycles. The minimum Gasteiger partial charge on any atom is -0.395 e. The first-order chi connectivity index (χ1) is 9.24. The van der Waals surface area contributed by atoms with Gasteiger partial charge in [-0.3, -0.25) is 0 Å². The molecule has 0 amide bonds. The molecule has 3 nitrogen and oxygen atoms in total. The Balaban J connectivity index is 2.24. The second-order valence-electron chi connectivity index (χ2n) is 5.18. The van der Waals surface area contributed by atoms with Gasteiger partial charge in [-0.05, 0) is 36.6 Å². The van der Waals surface area contributed by atoms with Crippen molar-refractivity contribution in [2.45, 2.75) is 44.8 Å². The molecule has 2 rings (SSSR count). The molecule has 0 heterocycles. The zero-order valence-corrected chi connectivity index (χ0v) is 11.2. The maximum absolute atomic E-state index is 13.6. The lowest BCUT2D eigenvalue weighted by atomic mass is 9.93. The first-order valence-electron chi connectivity index (χ1n) is 7.02. The van der Waals surface area contributed by atoms with Crippen LogP contribution in [-0.2, 0) is 6.61 Å². The number of aliphatic hydroxyl groups excluding tert-OH is 2. The molecule has 106 valence electrons. The van der Waals surface area contributed by atoms with Crippen LogP contribution in [0.3, 0.4) is 0 Å². The van der Waals surface area contributed by atoms with Crippen LogP contribution >= 0.6 is 0 Å². The second-order valence-corrected chi connectivity index (χ2v) is 5.18. The molecule has 1 aromatic carbocycles. The molecule has 2 N–H and O–H groups in total. The van der Waals surface area contributed by atoms with Crippen molar-refractivity contribution in [1.82, 2.24) is 0 Å². The zero-order chi connectivity index (χ0) is 13.7. The summed E-state index contributed by atoms with van der Waals surface area (Å²) in [6.45, 7) is 0.406. The number of hydrogen-bond donors (Lipinski definition) is 2. The summed E-state index contributed by atoms with van der Waals surface area (Å²) in [7, 11) is 0. The summed E-state index contributed by atoms with van der Waals surface area (Å²) in [6, 6.07) is 5.02. The molecular formula is C15H22FNO2. The van der Waals surface area contributed by atoms with Crippen LogP contribution in [0.15, 0.2) is 18.2 Å². The van der Waals surface area contributed by atoms with Crippen LogP contribution < -0.4 is 4.90 Å². The molecule has 0 aromatic heterocycles. The lowest BCUT2D eigenvalue weighted by molar-refractivity contribution is 0.280. The van der Waals surface area contributed by atoms with Crippen LogP contribution in [0.5, 0.6) is 0 Å². The second kappa shape index (κ2) is 6.87. The summed E-state index contributed by atoms with van der Waals surface area (Å²) in [5.41, 5.74) is 1.35. The van der Waals surface area contributed by atoms with Crippen molar-refractivity contribution in [2.24, 2.45) is 0 Å². The topological polar surface area (TPSA) is 43.7 Å². The number of hydrogen-bond acceptors (Lipinski definition) is 3. The number of halogens is 1. The molecular weight excluding hydrogens is 245 g/mol. The predicted molar refractivity (Wildman–Crippen MR) is 73.6 cm³/mol. The van der Waals surface area contributed by atoms with Crippen molar-refractivity contribution in [3.8, 4) is 0 Å². The van der Waals surface area contributed by atoms with Gasteiger partial charge >= 0.3 is 0 Å². The third kappa shape index (κ3) is 3.67. The van der Waals surface area contributed by atoms with Gasteiger partial charge in [-0.25, -0.2) is 4.39 Å². The van der Waals surface area contributed by atoms with Crippen molar-refractivity contribution < 1.29 is 14.6 Å². The van der Waals surface area contributed by atoms with Crippen LogP contribution in [-0.4, -0.2) is 29.4 Å². The van der Waals surface area contributed by atoms with E-state index in [1.807, 2.05) is 6.07 Å². The van der Waals surface area contributed by atoms with E-state index in [9.17, 15) is 14.6 Å². The molecule has 0 saturated heterocycles. The molecule has 1 fully saturated rings. The Labute approximate surface area is 113 Å². The fraction of sp³-hybridized carbons (Fsp3) is 0.600. The van der Waals surface area contributed by atoms with Gasteiger partial charge in [0, 0.05) is 18.3 Å². The largest absolute Gasteiger partial charge is 0.395 e. The third-order valence-electron chi connectivity index (χ3n) is 3.81. The van der Waals surface area contributed by atoms with Gasteiger partial charge in [0.15, 0.2) is 0 Å². The fourth-order valence-electron chi connectivity index (χ4n) is 2.91. The van der Waals surface area contributed by atoms with Crippen molar-refractivity contribution >= 4 is 5.69 Å². The Morgan fingerprint density at radius 2 is 1.84 bits per heavy atom. The van der Waals surface area contributed by atoms with Crippen LogP contribution in [0.1, 0.15) is 37.7 Å². The van der Waals surface area contributed by atoms with E-state index in [0.717, 1.165) is 18.5 Å². The van der Waals surface area contributed by atoms with Gasteiger partial charge in [-0.2, -0.15) is 0 Å². The quantitative estimate of drug-likeness (QED) is 0.861. The Morgan fingerprint density at radius 1 is 1.11 bits per heavy atom. The van der Waals surface area contributed by atoms with E-state index in [1.165, 1.54) is 31.4 Å². The van der Waals surface area contributed by atoms with Gasteiger partial charge in [0.25, 0.3) is 0 Å². The highest BCUT2D eigenvalue weighted by molar-refractivity contribution is 5.50. The van der Waals surface area contributed by atoms with Crippen LogP contribution in [0.2, 0.25) is 0 Å². The first-order valence-corrected chi connectivity index (χ1v) is 7.02. The van der Waals surface area contributed by atoms with Gasteiger partial charge in [0.2, 0.25) is 0 Å². The summed E-state index contributed by atoms with van der Waals surface area (Å²) >= 11 is 0. The van der Waals surface area contributed by atoms with Crippen LogP contribution in [0, 0.1) is 5.82 Å². The SMILES string of the molecule is OCCN(c1cc(F)cc(CO)c1)C1CCCCC1. The minimum atomic E-state index is -0.333. The fourth-order valence-corrected chi connectivity index (χ4v) is 2.91. The normalized spacial score (nSPS) is 16.6. The average Bonchev–Trinajstić information content (AvgIpc) is 2.45. The molecule has 0 atom stereocenters. The molecule has 1 aliphatic carbocycles. The maximum Gasteiger partial charge on any atom is 0.125 e. The molecule has 0 unspecified atom stereocenters. The van der Waals surface area contributed by atoms with Crippen molar-refractivity contribution in [3.05, 3.63) is 29.6 Å². The van der Waals surface area contributed by atoms with E-state index in [2.05, 4.69) is 4.90 Å².